The van der Waals surface area contributed by atoms with Crippen LogP contribution in [0.4, 0.5) is 31.0 Å². The van der Waals surface area contributed by atoms with Crippen molar-refractivity contribution in [2.75, 3.05) is 29.6 Å². The molecule has 0 bridgehead atoms. The van der Waals surface area contributed by atoms with E-state index in [-0.39, 0.29) is 17.8 Å². The number of hydrogen-bond donors (Lipinski definition) is 3. The maximum Gasteiger partial charge on any atom is 0.319 e. The van der Waals surface area contributed by atoms with Gasteiger partial charge in [0.15, 0.2) is 0 Å². The first kappa shape index (κ1) is 21.7. The summed E-state index contributed by atoms with van der Waals surface area (Å²) in [5, 5.41) is 9.74. The van der Waals surface area contributed by atoms with Crippen LogP contribution in [0, 0.1) is 11.6 Å². The SMILES string of the molecule is CN(C)c1nc(N[C@H]2CC[C@@H](NC(=O)Nc3ccc(F)cc3F)CC2)nc2ccccc12. The van der Waals surface area contributed by atoms with E-state index in [0.717, 1.165) is 54.5 Å². The maximum absolute atomic E-state index is 13.7. The number of carbonyl (C=O) groups excluding carboxylic acids is 1. The summed E-state index contributed by atoms with van der Waals surface area (Å²) in [6.07, 6.45) is 3.21. The second-order valence-corrected chi connectivity index (χ2v) is 8.20. The fraction of sp³-hybridized carbons (Fsp3) is 0.348. The van der Waals surface area contributed by atoms with Gasteiger partial charge in [-0.1, -0.05) is 12.1 Å². The normalized spacial score (nSPS) is 18.2. The van der Waals surface area contributed by atoms with Crippen molar-refractivity contribution >= 4 is 34.4 Å². The Morgan fingerprint density at radius 3 is 2.44 bits per heavy atom. The molecular weight excluding hydrogens is 414 g/mol. The van der Waals surface area contributed by atoms with E-state index in [0.29, 0.717) is 5.95 Å². The van der Waals surface area contributed by atoms with E-state index in [1.54, 1.807) is 0 Å². The third-order valence-electron chi connectivity index (χ3n) is 5.58. The summed E-state index contributed by atoms with van der Waals surface area (Å²) in [6, 6.07) is 10.6. The molecule has 1 fully saturated rings. The molecule has 4 rings (SSSR count). The molecule has 1 aromatic heterocycles. The second-order valence-electron chi connectivity index (χ2n) is 8.20. The van der Waals surface area contributed by atoms with Crippen LogP contribution in [-0.4, -0.2) is 42.2 Å². The minimum Gasteiger partial charge on any atom is -0.362 e. The van der Waals surface area contributed by atoms with Crippen LogP contribution in [0.2, 0.25) is 0 Å². The number of fused-ring (bicyclic) bond motifs is 1. The van der Waals surface area contributed by atoms with Crippen LogP contribution in [0.15, 0.2) is 42.5 Å². The first-order valence-corrected chi connectivity index (χ1v) is 10.6. The summed E-state index contributed by atoms with van der Waals surface area (Å²) in [7, 11) is 3.91. The maximum atomic E-state index is 13.7. The van der Waals surface area contributed by atoms with Crippen molar-refractivity contribution in [2.24, 2.45) is 0 Å². The molecular formula is C23H26F2N6O. The molecule has 2 aromatic carbocycles. The van der Waals surface area contributed by atoms with E-state index in [1.165, 1.54) is 6.07 Å². The van der Waals surface area contributed by atoms with Gasteiger partial charge < -0.3 is 20.9 Å². The van der Waals surface area contributed by atoms with Gasteiger partial charge in [-0.25, -0.2) is 18.6 Å². The van der Waals surface area contributed by atoms with Gasteiger partial charge >= 0.3 is 6.03 Å². The van der Waals surface area contributed by atoms with Crippen LogP contribution in [0.5, 0.6) is 0 Å². The number of halogens is 2. The van der Waals surface area contributed by atoms with E-state index in [9.17, 15) is 13.6 Å². The summed E-state index contributed by atoms with van der Waals surface area (Å²) in [6.45, 7) is 0. The number of benzene rings is 2. The number of hydrogen-bond acceptors (Lipinski definition) is 5. The molecule has 0 spiro atoms. The van der Waals surface area contributed by atoms with Gasteiger partial charge in [0.05, 0.1) is 11.2 Å². The highest BCUT2D eigenvalue weighted by molar-refractivity contribution is 5.90. The van der Waals surface area contributed by atoms with Crippen molar-refractivity contribution in [2.45, 2.75) is 37.8 Å². The molecule has 3 aromatic rings. The Balaban J connectivity index is 1.32. The molecule has 168 valence electrons. The minimum absolute atomic E-state index is 0.0218. The van der Waals surface area contributed by atoms with Gasteiger partial charge in [0.1, 0.15) is 17.5 Å². The predicted molar refractivity (Wildman–Crippen MR) is 122 cm³/mol. The van der Waals surface area contributed by atoms with Gasteiger partial charge in [-0.2, -0.15) is 4.98 Å². The van der Waals surface area contributed by atoms with Gasteiger partial charge in [0.2, 0.25) is 5.95 Å². The monoisotopic (exact) mass is 440 g/mol. The second kappa shape index (κ2) is 9.33. The predicted octanol–water partition coefficient (Wildman–Crippen LogP) is 4.52. The third-order valence-corrected chi connectivity index (χ3v) is 5.58. The summed E-state index contributed by atoms with van der Waals surface area (Å²) in [5.74, 6) is -0.0422. The highest BCUT2D eigenvalue weighted by atomic mass is 19.1. The number of anilines is 3. The average molecular weight is 440 g/mol. The molecule has 0 aliphatic heterocycles. The first-order valence-electron chi connectivity index (χ1n) is 10.6. The molecule has 2 amide bonds. The number of para-hydroxylation sites is 1. The molecule has 1 aliphatic carbocycles. The quantitative estimate of drug-likeness (QED) is 0.544. The minimum atomic E-state index is -0.805. The van der Waals surface area contributed by atoms with Crippen LogP contribution in [-0.2, 0) is 0 Å². The zero-order valence-electron chi connectivity index (χ0n) is 18.0. The molecule has 9 heteroatoms. The van der Waals surface area contributed by atoms with Crippen molar-refractivity contribution in [3.63, 3.8) is 0 Å². The van der Waals surface area contributed by atoms with Crippen molar-refractivity contribution in [3.05, 3.63) is 54.1 Å². The van der Waals surface area contributed by atoms with E-state index < -0.39 is 17.7 Å². The van der Waals surface area contributed by atoms with Crippen LogP contribution >= 0.6 is 0 Å². The number of amides is 2. The van der Waals surface area contributed by atoms with E-state index in [4.69, 9.17) is 0 Å². The Morgan fingerprint density at radius 1 is 1.00 bits per heavy atom. The van der Waals surface area contributed by atoms with Crippen molar-refractivity contribution in [1.29, 1.82) is 0 Å². The van der Waals surface area contributed by atoms with E-state index in [1.807, 2.05) is 43.3 Å². The number of rotatable bonds is 5. The lowest BCUT2D eigenvalue weighted by atomic mass is 9.91. The summed E-state index contributed by atoms with van der Waals surface area (Å²) in [4.78, 5) is 23.5. The van der Waals surface area contributed by atoms with E-state index in [2.05, 4.69) is 25.9 Å². The van der Waals surface area contributed by atoms with Crippen molar-refractivity contribution in [1.82, 2.24) is 15.3 Å². The van der Waals surface area contributed by atoms with Gasteiger partial charge in [-0.05, 0) is 49.9 Å². The van der Waals surface area contributed by atoms with E-state index >= 15 is 0 Å². The first-order chi connectivity index (χ1) is 15.4. The molecule has 0 unspecified atom stereocenters. The Hall–Kier alpha value is -3.49. The smallest absolute Gasteiger partial charge is 0.319 e. The summed E-state index contributed by atoms with van der Waals surface area (Å²) in [5.41, 5.74) is 0.832. The summed E-state index contributed by atoms with van der Waals surface area (Å²) >= 11 is 0. The number of urea groups is 1. The molecule has 7 nitrogen and oxygen atoms in total. The topological polar surface area (TPSA) is 82.2 Å². The highest BCUT2D eigenvalue weighted by Gasteiger charge is 2.23. The number of carbonyl (C=O) groups is 1. The molecule has 1 saturated carbocycles. The highest BCUT2D eigenvalue weighted by Crippen LogP contribution is 2.26. The van der Waals surface area contributed by atoms with Crippen LogP contribution in [0.25, 0.3) is 10.9 Å². The van der Waals surface area contributed by atoms with Crippen LogP contribution in [0.1, 0.15) is 25.7 Å². The van der Waals surface area contributed by atoms with Gasteiger partial charge in [0, 0.05) is 37.6 Å². The lowest BCUT2D eigenvalue weighted by Gasteiger charge is -2.30. The number of nitrogens with one attached hydrogen (secondary N) is 3. The number of nitrogens with zero attached hydrogens (tertiary/aromatic N) is 3. The molecule has 1 heterocycles. The lowest BCUT2D eigenvalue weighted by molar-refractivity contribution is 0.243. The fourth-order valence-corrected chi connectivity index (χ4v) is 3.96. The molecule has 3 N–H and O–H groups in total. The molecule has 1 aliphatic rings. The van der Waals surface area contributed by atoms with Gasteiger partial charge in [-0.3, -0.25) is 0 Å². The molecule has 0 atom stereocenters. The Bertz CT molecular complexity index is 1110. The Labute approximate surface area is 185 Å². The van der Waals surface area contributed by atoms with Gasteiger partial charge in [-0.15, -0.1) is 0 Å². The van der Waals surface area contributed by atoms with Crippen molar-refractivity contribution < 1.29 is 13.6 Å². The zero-order valence-corrected chi connectivity index (χ0v) is 18.0. The van der Waals surface area contributed by atoms with Crippen molar-refractivity contribution in [3.8, 4) is 0 Å². The number of aromatic nitrogens is 2. The lowest BCUT2D eigenvalue weighted by Crippen LogP contribution is -2.42. The van der Waals surface area contributed by atoms with Crippen LogP contribution < -0.4 is 20.9 Å². The Morgan fingerprint density at radius 2 is 1.72 bits per heavy atom. The van der Waals surface area contributed by atoms with Gasteiger partial charge in [0.25, 0.3) is 0 Å². The molecule has 32 heavy (non-hydrogen) atoms. The largest absolute Gasteiger partial charge is 0.362 e. The van der Waals surface area contributed by atoms with Crippen LogP contribution in [0.3, 0.4) is 0 Å². The Kier molecular flexibility index (Phi) is 6.34. The molecule has 0 saturated heterocycles. The summed E-state index contributed by atoms with van der Waals surface area (Å²) < 4.78 is 26.7. The third kappa shape index (κ3) is 5.04. The standard InChI is InChI=1S/C23H26F2N6O/c1-31(2)21-17-5-3-4-6-19(17)28-22(30-21)26-15-8-10-16(11-9-15)27-23(32)29-20-12-7-14(24)13-18(20)25/h3-7,12-13,15-16H,8-11H2,1-2H3,(H,26,28,30)(H2,27,29,32)/t15-,16+. The zero-order chi connectivity index (χ0) is 22.7. The average Bonchev–Trinajstić information content (AvgIpc) is 2.76. The fourth-order valence-electron chi connectivity index (χ4n) is 3.96. The molecule has 0 radical (unpaired) electrons.